The molecule has 0 saturated carbocycles. The van der Waals surface area contributed by atoms with E-state index in [-0.39, 0.29) is 30.2 Å². The standard InChI is InChI=1S/C19H27N5O4/c1-22-10-13(9-15(22)25)18(27)23-7-4-19(5-8-23)17-14(20-12-21-17)3-6-24(19)16(26)11-28-2/h12-13H,3-11H2,1-2H3,(H,20,21)/t13-/m0/s1. The number of rotatable bonds is 3. The van der Waals surface area contributed by atoms with E-state index in [1.807, 2.05) is 9.80 Å². The molecule has 2 saturated heterocycles. The van der Waals surface area contributed by atoms with Gasteiger partial charge in [-0.25, -0.2) is 4.98 Å². The number of fused-ring (bicyclic) bond motifs is 2. The molecule has 4 rings (SSSR count). The van der Waals surface area contributed by atoms with Crippen molar-refractivity contribution in [2.75, 3.05) is 46.9 Å². The normalized spacial score (nSPS) is 24.0. The molecule has 1 aromatic rings. The second-order valence-corrected chi connectivity index (χ2v) is 7.99. The summed E-state index contributed by atoms with van der Waals surface area (Å²) in [7, 11) is 3.26. The lowest BCUT2D eigenvalue weighted by atomic mass is 9.78. The molecule has 3 amide bonds. The highest BCUT2D eigenvalue weighted by Crippen LogP contribution is 2.42. The maximum Gasteiger partial charge on any atom is 0.249 e. The minimum Gasteiger partial charge on any atom is -0.375 e. The number of hydrogen-bond acceptors (Lipinski definition) is 5. The third-order valence-electron chi connectivity index (χ3n) is 6.42. The van der Waals surface area contributed by atoms with Crippen LogP contribution in [-0.2, 0) is 31.1 Å². The molecule has 0 bridgehead atoms. The van der Waals surface area contributed by atoms with E-state index in [1.165, 1.54) is 7.11 Å². The molecule has 9 heteroatoms. The number of aromatic amines is 1. The van der Waals surface area contributed by atoms with E-state index in [0.29, 0.717) is 45.4 Å². The first-order valence-electron chi connectivity index (χ1n) is 9.81. The number of piperidine rings is 1. The lowest BCUT2D eigenvalue weighted by Crippen LogP contribution is -2.60. The Morgan fingerprint density at radius 2 is 2.07 bits per heavy atom. The van der Waals surface area contributed by atoms with Gasteiger partial charge in [0, 0.05) is 58.9 Å². The lowest BCUT2D eigenvalue weighted by Gasteiger charge is -2.50. The van der Waals surface area contributed by atoms with Gasteiger partial charge in [-0.2, -0.15) is 0 Å². The summed E-state index contributed by atoms with van der Waals surface area (Å²) in [6, 6.07) is 0. The number of H-pyrrole nitrogens is 1. The van der Waals surface area contributed by atoms with E-state index >= 15 is 0 Å². The Bertz CT molecular complexity index is 783. The predicted molar refractivity (Wildman–Crippen MR) is 99.1 cm³/mol. The van der Waals surface area contributed by atoms with Crippen molar-refractivity contribution < 1.29 is 19.1 Å². The first-order chi connectivity index (χ1) is 13.5. The number of carbonyl (C=O) groups is 3. The van der Waals surface area contributed by atoms with E-state index < -0.39 is 5.54 Å². The summed E-state index contributed by atoms with van der Waals surface area (Å²) in [6.07, 6.45) is 4.00. The fraction of sp³-hybridized carbons (Fsp3) is 0.684. The van der Waals surface area contributed by atoms with Crippen LogP contribution in [0.2, 0.25) is 0 Å². The first kappa shape index (κ1) is 18.9. The molecular formula is C19H27N5O4. The van der Waals surface area contributed by atoms with Crippen LogP contribution < -0.4 is 0 Å². The molecule has 1 spiro atoms. The minimum atomic E-state index is -0.498. The van der Waals surface area contributed by atoms with Crippen molar-refractivity contribution in [3.8, 4) is 0 Å². The Hall–Kier alpha value is -2.42. The van der Waals surface area contributed by atoms with Gasteiger partial charge in [0.05, 0.1) is 23.5 Å². The van der Waals surface area contributed by atoms with Gasteiger partial charge in [-0.3, -0.25) is 14.4 Å². The van der Waals surface area contributed by atoms with Gasteiger partial charge in [-0.1, -0.05) is 0 Å². The molecule has 0 aliphatic carbocycles. The van der Waals surface area contributed by atoms with Crippen LogP contribution in [0.5, 0.6) is 0 Å². The molecule has 4 heterocycles. The molecular weight excluding hydrogens is 362 g/mol. The number of aromatic nitrogens is 2. The third kappa shape index (κ3) is 2.97. The van der Waals surface area contributed by atoms with Gasteiger partial charge >= 0.3 is 0 Å². The molecule has 0 aromatic carbocycles. The van der Waals surface area contributed by atoms with Gasteiger partial charge in [0.1, 0.15) is 6.61 Å². The summed E-state index contributed by atoms with van der Waals surface area (Å²) in [4.78, 5) is 50.6. The number of nitrogens with one attached hydrogen (secondary N) is 1. The molecule has 0 radical (unpaired) electrons. The van der Waals surface area contributed by atoms with Gasteiger partial charge in [0.25, 0.3) is 0 Å². The zero-order chi connectivity index (χ0) is 19.9. The van der Waals surface area contributed by atoms with Crippen LogP contribution >= 0.6 is 0 Å². The average Bonchev–Trinajstić information content (AvgIpc) is 3.30. The van der Waals surface area contributed by atoms with Crippen LogP contribution in [0.4, 0.5) is 0 Å². The number of nitrogens with zero attached hydrogens (tertiary/aromatic N) is 4. The topological polar surface area (TPSA) is 98.8 Å². The quantitative estimate of drug-likeness (QED) is 0.768. The Morgan fingerprint density at radius 1 is 1.32 bits per heavy atom. The van der Waals surface area contributed by atoms with Crippen molar-refractivity contribution in [1.82, 2.24) is 24.7 Å². The highest BCUT2D eigenvalue weighted by Gasteiger charge is 2.49. The highest BCUT2D eigenvalue weighted by molar-refractivity contribution is 5.89. The van der Waals surface area contributed by atoms with E-state index in [1.54, 1.807) is 18.3 Å². The Morgan fingerprint density at radius 3 is 2.71 bits per heavy atom. The smallest absolute Gasteiger partial charge is 0.249 e. The van der Waals surface area contributed by atoms with Crippen LogP contribution in [0, 0.1) is 5.92 Å². The molecule has 0 unspecified atom stereocenters. The Balaban J connectivity index is 1.53. The van der Waals surface area contributed by atoms with Crippen molar-refractivity contribution >= 4 is 17.7 Å². The predicted octanol–water partition coefficient (Wildman–Crippen LogP) is -0.263. The van der Waals surface area contributed by atoms with Gasteiger partial charge < -0.3 is 24.4 Å². The maximum absolute atomic E-state index is 12.9. The largest absolute Gasteiger partial charge is 0.375 e. The van der Waals surface area contributed by atoms with E-state index in [2.05, 4.69) is 9.97 Å². The molecule has 3 aliphatic rings. The molecule has 9 nitrogen and oxygen atoms in total. The summed E-state index contributed by atoms with van der Waals surface area (Å²) in [5.74, 6) is -0.235. The van der Waals surface area contributed by atoms with Crippen molar-refractivity contribution in [3.05, 3.63) is 17.7 Å². The highest BCUT2D eigenvalue weighted by atomic mass is 16.5. The van der Waals surface area contributed by atoms with E-state index in [9.17, 15) is 14.4 Å². The summed E-state index contributed by atoms with van der Waals surface area (Å²) in [5, 5.41) is 0. The number of carbonyl (C=O) groups excluding carboxylic acids is 3. The molecule has 28 heavy (non-hydrogen) atoms. The zero-order valence-electron chi connectivity index (χ0n) is 16.4. The molecule has 1 N–H and O–H groups in total. The van der Waals surface area contributed by atoms with E-state index in [4.69, 9.17) is 4.74 Å². The van der Waals surface area contributed by atoms with Crippen LogP contribution in [0.3, 0.4) is 0 Å². The molecule has 1 atom stereocenters. The number of imidazole rings is 1. The van der Waals surface area contributed by atoms with Crippen molar-refractivity contribution in [3.63, 3.8) is 0 Å². The zero-order valence-corrected chi connectivity index (χ0v) is 16.4. The number of likely N-dealkylation sites (tertiary alicyclic amines) is 2. The fourth-order valence-electron chi connectivity index (χ4n) is 4.93. The second kappa shape index (κ2) is 7.20. The maximum atomic E-state index is 12.9. The second-order valence-electron chi connectivity index (χ2n) is 7.99. The summed E-state index contributed by atoms with van der Waals surface area (Å²) >= 11 is 0. The van der Waals surface area contributed by atoms with Crippen molar-refractivity contribution in [1.29, 1.82) is 0 Å². The molecule has 152 valence electrons. The lowest BCUT2D eigenvalue weighted by molar-refractivity contribution is -0.148. The fourth-order valence-corrected chi connectivity index (χ4v) is 4.93. The monoisotopic (exact) mass is 389 g/mol. The summed E-state index contributed by atoms with van der Waals surface area (Å²) < 4.78 is 5.09. The van der Waals surface area contributed by atoms with Crippen LogP contribution in [0.15, 0.2) is 6.33 Å². The van der Waals surface area contributed by atoms with Gasteiger partial charge in [-0.15, -0.1) is 0 Å². The van der Waals surface area contributed by atoms with Crippen molar-refractivity contribution in [2.24, 2.45) is 5.92 Å². The van der Waals surface area contributed by atoms with Crippen LogP contribution in [0.1, 0.15) is 30.7 Å². The third-order valence-corrected chi connectivity index (χ3v) is 6.42. The number of ether oxygens (including phenoxy) is 1. The van der Waals surface area contributed by atoms with Crippen molar-refractivity contribution in [2.45, 2.75) is 31.2 Å². The van der Waals surface area contributed by atoms with E-state index in [0.717, 1.165) is 17.8 Å². The number of amides is 3. The average molecular weight is 389 g/mol. The van der Waals surface area contributed by atoms with Gasteiger partial charge in [0.2, 0.25) is 17.7 Å². The molecule has 3 aliphatic heterocycles. The minimum absolute atomic E-state index is 0.0246. The first-order valence-corrected chi connectivity index (χ1v) is 9.81. The van der Waals surface area contributed by atoms with Crippen LogP contribution in [0.25, 0.3) is 0 Å². The SMILES string of the molecule is COCC(=O)N1CCc2[nH]cnc2C12CCN(C(=O)[C@H]1CC(=O)N(C)C1)CC2. The summed E-state index contributed by atoms with van der Waals surface area (Å²) in [5.41, 5.74) is 1.50. The Kier molecular flexibility index (Phi) is 4.86. The Labute approximate surface area is 164 Å². The van der Waals surface area contributed by atoms with Crippen LogP contribution in [-0.4, -0.2) is 89.3 Å². The van der Waals surface area contributed by atoms with Gasteiger partial charge in [0.15, 0.2) is 0 Å². The summed E-state index contributed by atoms with van der Waals surface area (Å²) in [6.45, 7) is 2.25. The molecule has 2 fully saturated rings. The number of methoxy groups -OCH3 is 1. The molecule has 1 aromatic heterocycles. The number of hydrogen-bond donors (Lipinski definition) is 1. The van der Waals surface area contributed by atoms with Gasteiger partial charge in [-0.05, 0) is 12.8 Å².